The number of rotatable bonds is 8. The van der Waals surface area contributed by atoms with Crippen molar-refractivity contribution in [3.05, 3.63) is 83.5 Å². The fraction of sp³-hybridized carbons (Fsp3) is 0.273. The Balaban J connectivity index is 1.48. The number of hydrogen-bond acceptors (Lipinski definition) is 5. The lowest BCUT2D eigenvalue weighted by Crippen LogP contribution is -2.30. The molecule has 0 spiro atoms. The molecule has 4 rings (SSSR count). The third-order valence-corrected chi connectivity index (χ3v) is 4.80. The minimum atomic E-state index is -0.250. The number of nitrogens with one attached hydrogen (secondary N) is 1. The lowest BCUT2D eigenvalue weighted by molar-refractivity contribution is 0.0712. The summed E-state index contributed by atoms with van der Waals surface area (Å²) in [7, 11) is 0. The molecule has 1 aromatic carbocycles. The van der Waals surface area contributed by atoms with Crippen molar-refractivity contribution in [3.63, 3.8) is 0 Å². The Hall–Kier alpha value is -3.48. The van der Waals surface area contributed by atoms with E-state index in [4.69, 9.17) is 4.52 Å². The number of carbonyl (C=O) groups is 2. The van der Waals surface area contributed by atoms with Gasteiger partial charge in [-0.15, -0.1) is 0 Å². The van der Waals surface area contributed by atoms with Crippen molar-refractivity contribution in [3.8, 4) is 0 Å². The van der Waals surface area contributed by atoms with Crippen LogP contribution in [0.3, 0.4) is 0 Å². The fourth-order valence-electron chi connectivity index (χ4n) is 3.01. The van der Waals surface area contributed by atoms with Gasteiger partial charge in [0.2, 0.25) is 0 Å². The first-order chi connectivity index (χ1) is 14.2. The second-order valence-electron chi connectivity index (χ2n) is 7.22. The van der Waals surface area contributed by atoms with E-state index in [0.29, 0.717) is 30.3 Å². The monoisotopic (exact) mass is 390 g/mol. The Morgan fingerprint density at radius 1 is 1.10 bits per heavy atom. The quantitative estimate of drug-likeness (QED) is 0.639. The lowest BCUT2D eigenvalue weighted by atomic mass is 10.1. The number of carbonyl (C=O) groups excluding carboxylic acids is 2. The van der Waals surface area contributed by atoms with E-state index < -0.39 is 0 Å². The Labute approximate surface area is 168 Å². The van der Waals surface area contributed by atoms with E-state index in [1.165, 1.54) is 6.20 Å². The molecule has 2 aromatic heterocycles. The molecule has 1 aliphatic carbocycles. The molecule has 1 saturated carbocycles. The predicted molar refractivity (Wildman–Crippen MR) is 106 cm³/mol. The Morgan fingerprint density at radius 2 is 1.93 bits per heavy atom. The minimum Gasteiger partial charge on any atom is -0.359 e. The summed E-state index contributed by atoms with van der Waals surface area (Å²) in [6.07, 6.45) is 5.49. The molecule has 1 N–H and O–H groups in total. The topological polar surface area (TPSA) is 88.3 Å². The largest absolute Gasteiger partial charge is 0.359 e. The molecule has 0 saturated heterocycles. The van der Waals surface area contributed by atoms with Gasteiger partial charge in [-0.3, -0.25) is 14.6 Å². The maximum Gasteiger partial charge on any atom is 0.273 e. The van der Waals surface area contributed by atoms with Gasteiger partial charge >= 0.3 is 0 Å². The molecule has 2 amide bonds. The first-order valence-electron chi connectivity index (χ1n) is 9.66. The molecule has 1 aliphatic rings. The molecule has 1 fully saturated rings. The molecule has 148 valence electrons. The maximum atomic E-state index is 13.0. The summed E-state index contributed by atoms with van der Waals surface area (Å²) in [5.41, 5.74) is 1.71. The zero-order valence-corrected chi connectivity index (χ0v) is 16.0. The number of hydrogen-bond donors (Lipinski definition) is 1. The predicted octanol–water partition coefficient (Wildman–Crippen LogP) is 3.05. The number of pyridine rings is 1. The highest BCUT2D eigenvalue weighted by molar-refractivity contribution is 5.94. The summed E-state index contributed by atoms with van der Waals surface area (Å²) in [6, 6.07) is 14.8. The fourth-order valence-corrected chi connectivity index (χ4v) is 3.01. The molecular weight excluding hydrogens is 368 g/mol. The van der Waals surface area contributed by atoms with Gasteiger partial charge in [0.1, 0.15) is 0 Å². The van der Waals surface area contributed by atoms with Gasteiger partial charge in [0.25, 0.3) is 11.8 Å². The molecule has 0 bridgehead atoms. The highest BCUT2D eigenvalue weighted by Crippen LogP contribution is 2.27. The standard InChI is InChI=1S/C22H22N4O3/c27-21(24-12-16-8-9-16)20-11-19(29-25-20)15-26(14-17-5-2-1-3-6-17)22(28)18-7-4-10-23-13-18/h1-7,10-11,13,16H,8-9,12,14-15H2,(H,24,27). The first kappa shape index (κ1) is 18.9. The third kappa shape index (κ3) is 5.07. The zero-order chi connectivity index (χ0) is 20.1. The van der Waals surface area contributed by atoms with E-state index in [9.17, 15) is 9.59 Å². The highest BCUT2D eigenvalue weighted by Gasteiger charge is 2.24. The van der Waals surface area contributed by atoms with Crippen LogP contribution in [0.15, 0.2) is 65.4 Å². The lowest BCUT2D eigenvalue weighted by Gasteiger charge is -2.21. The van der Waals surface area contributed by atoms with Crippen LogP contribution in [0.4, 0.5) is 0 Å². The normalized spacial score (nSPS) is 13.1. The van der Waals surface area contributed by atoms with Crippen LogP contribution in [0.1, 0.15) is 45.0 Å². The summed E-state index contributed by atoms with van der Waals surface area (Å²) >= 11 is 0. The van der Waals surface area contributed by atoms with E-state index in [2.05, 4.69) is 15.5 Å². The van der Waals surface area contributed by atoms with Crippen molar-refractivity contribution >= 4 is 11.8 Å². The van der Waals surface area contributed by atoms with Crippen LogP contribution in [-0.4, -0.2) is 33.4 Å². The van der Waals surface area contributed by atoms with Crippen LogP contribution in [-0.2, 0) is 13.1 Å². The average Bonchev–Trinajstić information content (AvgIpc) is 3.48. The van der Waals surface area contributed by atoms with Crippen LogP contribution in [0.25, 0.3) is 0 Å². The van der Waals surface area contributed by atoms with Gasteiger partial charge in [0, 0.05) is 31.5 Å². The van der Waals surface area contributed by atoms with Gasteiger partial charge < -0.3 is 14.7 Å². The number of benzene rings is 1. The molecule has 3 aromatic rings. The van der Waals surface area contributed by atoms with Crippen molar-refractivity contribution in [1.29, 1.82) is 0 Å². The molecule has 7 heteroatoms. The summed E-state index contributed by atoms with van der Waals surface area (Å²) < 4.78 is 5.34. The van der Waals surface area contributed by atoms with Gasteiger partial charge in [-0.2, -0.15) is 0 Å². The summed E-state index contributed by atoms with van der Waals surface area (Å²) in [5, 5.41) is 6.74. The van der Waals surface area contributed by atoms with Crippen molar-refractivity contribution in [2.24, 2.45) is 5.92 Å². The maximum absolute atomic E-state index is 13.0. The van der Waals surface area contributed by atoms with Gasteiger partial charge in [-0.1, -0.05) is 35.5 Å². The van der Waals surface area contributed by atoms with Crippen LogP contribution in [0.2, 0.25) is 0 Å². The molecule has 0 aliphatic heterocycles. The minimum absolute atomic E-state index is 0.168. The van der Waals surface area contributed by atoms with E-state index in [1.807, 2.05) is 30.3 Å². The summed E-state index contributed by atoms with van der Waals surface area (Å²) in [4.78, 5) is 30.9. The molecule has 29 heavy (non-hydrogen) atoms. The molecular formula is C22H22N4O3. The van der Waals surface area contributed by atoms with Gasteiger partial charge in [0.15, 0.2) is 11.5 Å². The third-order valence-electron chi connectivity index (χ3n) is 4.80. The van der Waals surface area contributed by atoms with Crippen molar-refractivity contribution in [2.75, 3.05) is 6.54 Å². The van der Waals surface area contributed by atoms with E-state index >= 15 is 0 Å². The zero-order valence-electron chi connectivity index (χ0n) is 16.0. The van der Waals surface area contributed by atoms with Crippen LogP contribution in [0.5, 0.6) is 0 Å². The Morgan fingerprint density at radius 3 is 2.66 bits per heavy atom. The van der Waals surface area contributed by atoms with Gasteiger partial charge in [0.05, 0.1) is 12.1 Å². The van der Waals surface area contributed by atoms with Gasteiger partial charge in [-0.25, -0.2) is 0 Å². The molecule has 2 heterocycles. The molecule has 0 atom stereocenters. The van der Waals surface area contributed by atoms with Crippen LogP contribution < -0.4 is 5.32 Å². The molecule has 7 nitrogen and oxygen atoms in total. The van der Waals surface area contributed by atoms with Crippen molar-refractivity contribution in [2.45, 2.75) is 25.9 Å². The van der Waals surface area contributed by atoms with Crippen LogP contribution in [0, 0.1) is 5.92 Å². The molecule has 0 radical (unpaired) electrons. The van der Waals surface area contributed by atoms with E-state index in [0.717, 1.165) is 18.4 Å². The second kappa shape index (κ2) is 8.68. The number of nitrogens with zero attached hydrogens (tertiary/aromatic N) is 3. The van der Waals surface area contributed by atoms with E-state index in [1.54, 1.807) is 29.3 Å². The highest BCUT2D eigenvalue weighted by atomic mass is 16.5. The number of aromatic nitrogens is 2. The average molecular weight is 390 g/mol. The van der Waals surface area contributed by atoms with Crippen LogP contribution >= 0.6 is 0 Å². The van der Waals surface area contributed by atoms with Gasteiger partial charge in [-0.05, 0) is 36.5 Å². The second-order valence-corrected chi connectivity index (χ2v) is 7.22. The first-order valence-corrected chi connectivity index (χ1v) is 9.66. The summed E-state index contributed by atoms with van der Waals surface area (Å²) in [5.74, 6) is 0.622. The van der Waals surface area contributed by atoms with Crippen molar-refractivity contribution < 1.29 is 14.1 Å². The van der Waals surface area contributed by atoms with Crippen molar-refractivity contribution in [1.82, 2.24) is 20.4 Å². The number of amides is 2. The smallest absolute Gasteiger partial charge is 0.273 e. The Bertz CT molecular complexity index is 968. The SMILES string of the molecule is O=C(NCC1CC1)c1cc(CN(Cc2ccccc2)C(=O)c2cccnc2)on1. The van der Waals surface area contributed by atoms with E-state index in [-0.39, 0.29) is 24.1 Å². The Kier molecular flexibility index (Phi) is 5.65. The summed E-state index contributed by atoms with van der Waals surface area (Å²) in [6.45, 7) is 1.27. The molecule has 0 unspecified atom stereocenters.